The number of aliphatic carboxylic acids is 1. The summed E-state index contributed by atoms with van der Waals surface area (Å²) in [5.74, 6) is 0.474. The van der Waals surface area contributed by atoms with Gasteiger partial charge in [0.2, 0.25) is 0 Å². The Morgan fingerprint density at radius 2 is 1.53 bits per heavy atom. The molecule has 0 rings (SSSR count). The maximum atomic E-state index is 10.7. The van der Waals surface area contributed by atoms with E-state index >= 15 is 0 Å². The molecule has 0 fully saturated rings. The van der Waals surface area contributed by atoms with E-state index in [9.17, 15) is 9.59 Å². The first kappa shape index (κ1) is 20.9. The molecule has 2 atom stereocenters. The van der Waals surface area contributed by atoms with Crippen LogP contribution in [0.3, 0.4) is 0 Å². The predicted molar refractivity (Wildman–Crippen MR) is 81.6 cm³/mol. The van der Waals surface area contributed by atoms with E-state index in [4.69, 9.17) is 16.6 Å². The van der Waals surface area contributed by atoms with Gasteiger partial charge in [-0.05, 0) is 36.9 Å². The maximum absolute atomic E-state index is 10.7. The first-order valence-electron chi connectivity index (χ1n) is 5.70. The summed E-state index contributed by atoms with van der Waals surface area (Å²) in [5.41, 5.74) is 10.6. The fourth-order valence-electron chi connectivity index (χ4n) is 0.882. The molecule has 114 valence electrons. The molecular formula is C11H24N2O4S2. The summed E-state index contributed by atoms with van der Waals surface area (Å²) in [6, 6.07) is -1.13. The lowest BCUT2D eigenvalue weighted by molar-refractivity contribution is -0.142. The van der Waals surface area contributed by atoms with E-state index in [2.05, 4.69) is 4.74 Å². The van der Waals surface area contributed by atoms with Crippen molar-refractivity contribution in [2.75, 3.05) is 31.1 Å². The van der Waals surface area contributed by atoms with Gasteiger partial charge in [0.25, 0.3) is 0 Å². The highest BCUT2D eigenvalue weighted by atomic mass is 32.2. The molecule has 0 aromatic carbocycles. The lowest BCUT2D eigenvalue weighted by Crippen LogP contribution is -2.31. The van der Waals surface area contributed by atoms with E-state index in [1.165, 1.54) is 7.11 Å². The van der Waals surface area contributed by atoms with Gasteiger partial charge in [-0.3, -0.25) is 9.59 Å². The molecule has 0 bridgehead atoms. The largest absolute Gasteiger partial charge is 0.480 e. The van der Waals surface area contributed by atoms with Gasteiger partial charge in [-0.15, -0.1) is 0 Å². The average molecular weight is 312 g/mol. The van der Waals surface area contributed by atoms with Crippen molar-refractivity contribution in [3.63, 3.8) is 0 Å². The van der Waals surface area contributed by atoms with Gasteiger partial charge in [-0.25, -0.2) is 0 Å². The minimum Gasteiger partial charge on any atom is -0.480 e. The van der Waals surface area contributed by atoms with Crippen LogP contribution < -0.4 is 11.5 Å². The number of rotatable bonds is 8. The SMILES string of the molecule is COC(=O)[C@@H](N)CCSC.CSCC[C@H](N)C(=O)O. The number of hydrogen-bond acceptors (Lipinski definition) is 7. The zero-order valence-corrected chi connectivity index (χ0v) is 13.3. The number of thioether (sulfide) groups is 2. The van der Waals surface area contributed by atoms with Gasteiger partial charge in [-0.1, -0.05) is 0 Å². The normalized spacial score (nSPS) is 12.9. The molecule has 6 nitrogen and oxygen atoms in total. The third kappa shape index (κ3) is 13.8. The Hall–Kier alpha value is -0.440. The van der Waals surface area contributed by atoms with Crippen LogP contribution in [-0.4, -0.2) is 60.3 Å². The fourth-order valence-corrected chi connectivity index (χ4v) is 1.86. The maximum Gasteiger partial charge on any atom is 0.322 e. The van der Waals surface area contributed by atoms with Crippen molar-refractivity contribution in [1.29, 1.82) is 0 Å². The first-order valence-corrected chi connectivity index (χ1v) is 8.49. The number of carbonyl (C=O) groups excluding carboxylic acids is 1. The van der Waals surface area contributed by atoms with Gasteiger partial charge in [0.1, 0.15) is 12.1 Å². The Morgan fingerprint density at radius 1 is 1.11 bits per heavy atom. The van der Waals surface area contributed by atoms with Crippen molar-refractivity contribution in [2.24, 2.45) is 11.5 Å². The van der Waals surface area contributed by atoms with Crippen molar-refractivity contribution in [3.05, 3.63) is 0 Å². The van der Waals surface area contributed by atoms with Crippen molar-refractivity contribution in [1.82, 2.24) is 0 Å². The molecule has 5 N–H and O–H groups in total. The number of nitrogens with two attached hydrogens (primary N) is 2. The quantitative estimate of drug-likeness (QED) is 0.551. The topological polar surface area (TPSA) is 116 Å². The highest BCUT2D eigenvalue weighted by Gasteiger charge is 2.11. The Bertz CT molecular complexity index is 255. The Morgan fingerprint density at radius 3 is 1.84 bits per heavy atom. The van der Waals surface area contributed by atoms with Gasteiger partial charge in [-0.2, -0.15) is 23.5 Å². The minimum absolute atomic E-state index is 0.325. The van der Waals surface area contributed by atoms with Crippen LogP contribution >= 0.6 is 23.5 Å². The second kappa shape index (κ2) is 14.0. The molecule has 0 aromatic rings. The van der Waals surface area contributed by atoms with E-state index in [0.717, 1.165) is 11.5 Å². The van der Waals surface area contributed by atoms with Crippen LogP contribution in [0.2, 0.25) is 0 Å². The summed E-state index contributed by atoms with van der Waals surface area (Å²) in [4.78, 5) is 20.7. The molecular weight excluding hydrogens is 288 g/mol. The number of esters is 1. The van der Waals surface area contributed by atoms with Crippen LogP contribution in [0.4, 0.5) is 0 Å². The molecule has 0 radical (unpaired) electrons. The number of methoxy groups -OCH3 is 1. The molecule has 0 unspecified atom stereocenters. The van der Waals surface area contributed by atoms with Crippen molar-refractivity contribution in [3.8, 4) is 0 Å². The van der Waals surface area contributed by atoms with E-state index < -0.39 is 18.1 Å². The molecule has 0 saturated heterocycles. The van der Waals surface area contributed by atoms with E-state index in [1.54, 1.807) is 23.5 Å². The van der Waals surface area contributed by atoms with Gasteiger partial charge >= 0.3 is 11.9 Å². The Labute approximate surface area is 123 Å². The number of carboxylic acids is 1. The highest BCUT2D eigenvalue weighted by molar-refractivity contribution is 7.98. The van der Waals surface area contributed by atoms with Crippen molar-refractivity contribution < 1.29 is 19.4 Å². The molecule has 0 aromatic heterocycles. The molecule has 19 heavy (non-hydrogen) atoms. The molecule has 0 aliphatic rings. The zero-order valence-electron chi connectivity index (χ0n) is 11.6. The number of carbonyl (C=O) groups is 2. The monoisotopic (exact) mass is 312 g/mol. The van der Waals surface area contributed by atoms with Gasteiger partial charge in [0, 0.05) is 0 Å². The van der Waals surface area contributed by atoms with Gasteiger partial charge in [0.15, 0.2) is 0 Å². The summed E-state index contributed by atoms with van der Waals surface area (Å²) in [6.07, 6.45) is 5.14. The number of carboxylic acid groups (broad SMARTS) is 1. The van der Waals surface area contributed by atoms with Gasteiger partial charge < -0.3 is 21.3 Å². The zero-order chi connectivity index (χ0) is 15.3. The average Bonchev–Trinajstić information content (AvgIpc) is 2.41. The lowest BCUT2D eigenvalue weighted by atomic mass is 10.2. The van der Waals surface area contributed by atoms with Crippen LogP contribution in [0.15, 0.2) is 0 Å². The van der Waals surface area contributed by atoms with Crippen LogP contribution in [0, 0.1) is 0 Å². The summed E-state index contributed by atoms with van der Waals surface area (Å²) < 4.78 is 4.44. The number of ether oxygens (including phenoxy) is 1. The predicted octanol–water partition coefficient (Wildman–Crippen LogP) is 0.391. The van der Waals surface area contributed by atoms with Crippen molar-refractivity contribution >= 4 is 35.5 Å². The van der Waals surface area contributed by atoms with Crippen LogP contribution in [0.5, 0.6) is 0 Å². The van der Waals surface area contributed by atoms with E-state index in [-0.39, 0.29) is 5.97 Å². The summed E-state index contributed by atoms with van der Waals surface area (Å²) in [7, 11) is 1.35. The molecule has 8 heteroatoms. The fraction of sp³-hybridized carbons (Fsp3) is 0.818. The van der Waals surface area contributed by atoms with E-state index in [0.29, 0.717) is 12.8 Å². The summed E-state index contributed by atoms with van der Waals surface area (Å²) >= 11 is 3.27. The molecule has 0 amide bonds. The van der Waals surface area contributed by atoms with E-state index in [1.807, 2.05) is 12.5 Å². The number of hydrogen-bond donors (Lipinski definition) is 3. The smallest absolute Gasteiger partial charge is 0.322 e. The first-order chi connectivity index (χ1) is 8.90. The van der Waals surface area contributed by atoms with Crippen molar-refractivity contribution in [2.45, 2.75) is 24.9 Å². The summed E-state index contributed by atoms with van der Waals surface area (Å²) in [5, 5.41) is 8.27. The summed E-state index contributed by atoms with van der Waals surface area (Å²) in [6.45, 7) is 0. The van der Waals surface area contributed by atoms with Crippen LogP contribution in [0.25, 0.3) is 0 Å². The molecule has 0 spiro atoms. The second-order valence-electron chi connectivity index (χ2n) is 3.64. The minimum atomic E-state index is -0.913. The lowest BCUT2D eigenvalue weighted by Gasteiger charge is -2.06. The molecule has 0 aliphatic heterocycles. The Kier molecular flexibility index (Phi) is 15.4. The highest BCUT2D eigenvalue weighted by Crippen LogP contribution is 1.99. The molecule has 0 aliphatic carbocycles. The second-order valence-corrected chi connectivity index (χ2v) is 5.61. The Balaban J connectivity index is 0. The third-order valence-corrected chi connectivity index (χ3v) is 3.37. The van der Waals surface area contributed by atoms with Crippen LogP contribution in [0.1, 0.15) is 12.8 Å². The third-order valence-electron chi connectivity index (χ3n) is 2.09. The molecule has 0 heterocycles. The molecule has 0 saturated carbocycles. The standard InChI is InChI=1S/C6H13NO2S.C5H11NO2S/c1-9-6(8)5(7)3-4-10-2;1-9-3-2-4(6)5(7)8/h5H,3-4,7H2,1-2H3;4H,2-3,6H2,1H3,(H,7,8)/t5-;4-/m00/s1. The van der Waals surface area contributed by atoms with Gasteiger partial charge in [0.05, 0.1) is 7.11 Å². The van der Waals surface area contributed by atoms with Crippen LogP contribution in [-0.2, 0) is 14.3 Å².